The van der Waals surface area contributed by atoms with Gasteiger partial charge in [0, 0.05) is 10.8 Å². The summed E-state index contributed by atoms with van der Waals surface area (Å²) in [4.78, 5) is 12.3. The smallest absolute Gasteiger partial charge is 0.161 e. The predicted molar refractivity (Wildman–Crippen MR) is 86.3 cm³/mol. The zero-order chi connectivity index (χ0) is 14.8. The summed E-state index contributed by atoms with van der Waals surface area (Å²) in [5.41, 5.74) is 0.406. The van der Waals surface area contributed by atoms with Gasteiger partial charge in [0.1, 0.15) is 0 Å². The van der Waals surface area contributed by atoms with Crippen LogP contribution in [0.4, 0.5) is 0 Å². The van der Waals surface area contributed by atoms with Gasteiger partial charge in [0.2, 0.25) is 0 Å². The molecule has 1 nitrogen and oxygen atoms in total. The molecule has 4 aliphatic rings. The summed E-state index contributed by atoms with van der Waals surface area (Å²) in [6.45, 7) is 4.76. The third kappa shape index (κ3) is 1.85. The first-order valence-corrected chi connectivity index (χ1v) is 9.25. The fourth-order valence-electron chi connectivity index (χ4n) is 6.48. The highest BCUT2D eigenvalue weighted by molar-refractivity contribution is 6.20. The molecule has 21 heavy (non-hydrogen) atoms. The molecule has 4 aliphatic carbocycles. The van der Waals surface area contributed by atoms with Gasteiger partial charge in [-0.1, -0.05) is 19.9 Å². The Hall–Kier alpha value is -0.300. The summed E-state index contributed by atoms with van der Waals surface area (Å²) >= 11 is 6.45. The van der Waals surface area contributed by atoms with Crippen LogP contribution in [0.2, 0.25) is 0 Å². The van der Waals surface area contributed by atoms with Crippen LogP contribution in [0.3, 0.4) is 0 Å². The van der Waals surface area contributed by atoms with Crippen molar-refractivity contribution in [3.63, 3.8) is 0 Å². The highest BCUT2D eigenvalue weighted by atomic mass is 35.5. The number of rotatable bonds is 0. The number of ketones is 1. The molecule has 4 rings (SSSR count). The normalized spacial score (nSPS) is 55.8. The molecule has 0 bridgehead atoms. The van der Waals surface area contributed by atoms with Gasteiger partial charge in [0.15, 0.2) is 5.78 Å². The molecule has 0 aromatic heterocycles. The minimum Gasteiger partial charge on any atom is -0.294 e. The van der Waals surface area contributed by atoms with E-state index in [9.17, 15) is 4.79 Å². The standard InChI is InChI=1S/C19H27ClO/c1-18-9-7-13(20)11-12(18)3-4-14-15-5-6-17(21)19(15,2)10-8-16(14)18/h5-6,12-16H,3-4,7-11H2,1-2H3/t12?,13?,14-,15-,16-,18-,19-/m0/s1. The van der Waals surface area contributed by atoms with Gasteiger partial charge in [-0.2, -0.15) is 0 Å². The van der Waals surface area contributed by atoms with Gasteiger partial charge in [-0.3, -0.25) is 4.79 Å². The number of allylic oxidation sites excluding steroid dienone is 2. The average Bonchev–Trinajstić information content (AvgIpc) is 2.76. The maximum absolute atomic E-state index is 12.3. The van der Waals surface area contributed by atoms with Crippen LogP contribution in [0.25, 0.3) is 0 Å². The second-order valence-electron chi connectivity index (χ2n) is 8.63. The summed E-state index contributed by atoms with van der Waals surface area (Å²) in [5, 5.41) is 0.404. The molecule has 0 heterocycles. The van der Waals surface area contributed by atoms with Crippen molar-refractivity contribution in [2.75, 3.05) is 0 Å². The molecule has 0 N–H and O–H groups in total. The second kappa shape index (κ2) is 4.60. The van der Waals surface area contributed by atoms with Crippen molar-refractivity contribution in [2.45, 2.75) is 64.2 Å². The third-order valence-corrected chi connectivity index (χ3v) is 8.27. The van der Waals surface area contributed by atoms with Gasteiger partial charge >= 0.3 is 0 Å². The molecule has 0 radical (unpaired) electrons. The van der Waals surface area contributed by atoms with E-state index in [4.69, 9.17) is 11.6 Å². The van der Waals surface area contributed by atoms with Gasteiger partial charge in [-0.15, -0.1) is 11.6 Å². The largest absolute Gasteiger partial charge is 0.294 e. The molecule has 0 saturated heterocycles. The molecule has 2 unspecified atom stereocenters. The van der Waals surface area contributed by atoms with Gasteiger partial charge in [-0.25, -0.2) is 0 Å². The van der Waals surface area contributed by atoms with Crippen molar-refractivity contribution in [2.24, 2.45) is 34.5 Å². The van der Waals surface area contributed by atoms with Gasteiger partial charge in [0.05, 0.1) is 0 Å². The van der Waals surface area contributed by atoms with Crippen LogP contribution in [-0.4, -0.2) is 11.2 Å². The van der Waals surface area contributed by atoms with E-state index in [0.717, 1.165) is 24.2 Å². The Morgan fingerprint density at radius 1 is 1.14 bits per heavy atom. The number of hydrogen-bond acceptors (Lipinski definition) is 1. The van der Waals surface area contributed by atoms with Crippen LogP contribution >= 0.6 is 11.6 Å². The Kier molecular flexibility index (Phi) is 3.13. The molecular weight excluding hydrogens is 280 g/mol. The summed E-state index contributed by atoms with van der Waals surface area (Å²) < 4.78 is 0. The second-order valence-corrected chi connectivity index (χ2v) is 9.24. The molecule has 0 amide bonds. The minimum atomic E-state index is -0.0753. The number of halogens is 1. The topological polar surface area (TPSA) is 17.1 Å². The molecular formula is C19H27ClO. The number of hydrogen-bond donors (Lipinski definition) is 0. The van der Waals surface area contributed by atoms with Crippen LogP contribution in [0.5, 0.6) is 0 Å². The Labute approximate surface area is 133 Å². The van der Waals surface area contributed by atoms with Crippen LogP contribution in [-0.2, 0) is 4.79 Å². The number of carbonyl (C=O) groups excluding carboxylic acids is 1. The highest BCUT2D eigenvalue weighted by Gasteiger charge is 2.58. The zero-order valence-corrected chi connectivity index (χ0v) is 14.0. The minimum absolute atomic E-state index is 0.0753. The van der Waals surface area contributed by atoms with E-state index in [1.165, 1.54) is 38.5 Å². The van der Waals surface area contributed by atoms with Crippen molar-refractivity contribution in [3.8, 4) is 0 Å². The number of carbonyl (C=O) groups is 1. The Morgan fingerprint density at radius 2 is 1.95 bits per heavy atom. The lowest BCUT2D eigenvalue weighted by atomic mass is 9.45. The SMILES string of the molecule is C[C@]12CCC(Cl)CC1CC[C@@H]1[C@@H]2CC[C@]2(C)C(=O)C=C[C@@H]12. The van der Waals surface area contributed by atoms with E-state index in [2.05, 4.69) is 19.9 Å². The van der Waals surface area contributed by atoms with Crippen molar-refractivity contribution in [1.82, 2.24) is 0 Å². The summed E-state index contributed by atoms with van der Waals surface area (Å²) in [6, 6.07) is 0. The fraction of sp³-hybridized carbons (Fsp3) is 0.842. The van der Waals surface area contributed by atoms with Crippen LogP contribution < -0.4 is 0 Å². The van der Waals surface area contributed by atoms with Crippen molar-refractivity contribution < 1.29 is 4.79 Å². The lowest BCUT2D eigenvalue weighted by Gasteiger charge is -2.59. The van der Waals surface area contributed by atoms with Crippen molar-refractivity contribution >= 4 is 17.4 Å². The first-order valence-electron chi connectivity index (χ1n) is 8.82. The third-order valence-electron chi connectivity index (χ3n) is 7.87. The van der Waals surface area contributed by atoms with Crippen molar-refractivity contribution in [1.29, 1.82) is 0 Å². The highest BCUT2D eigenvalue weighted by Crippen LogP contribution is 2.64. The first kappa shape index (κ1) is 14.3. The number of fused-ring (bicyclic) bond motifs is 5. The Morgan fingerprint density at radius 3 is 2.76 bits per heavy atom. The summed E-state index contributed by atoms with van der Waals surface area (Å²) in [6.07, 6.45) is 12.8. The van der Waals surface area contributed by atoms with E-state index < -0.39 is 0 Å². The predicted octanol–water partition coefficient (Wildman–Crippen LogP) is 4.98. The van der Waals surface area contributed by atoms with Gasteiger partial charge < -0.3 is 0 Å². The molecule has 0 aliphatic heterocycles. The van der Waals surface area contributed by atoms with E-state index in [1.807, 2.05) is 6.08 Å². The van der Waals surface area contributed by atoms with Crippen LogP contribution in [0, 0.1) is 34.5 Å². The van der Waals surface area contributed by atoms with E-state index in [-0.39, 0.29) is 5.41 Å². The summed E-state index contributed by atoms with van der Waals surface area (Å²) in [5.74, 6) is 3.27. The molecule has 116 valence electrons. The molecule has 3 saturated carbocycles. The molecule has 2 heteroatoms. The van der Waals surface area contributed by atoms with E-state index in [1.54, 1.807) is 0 Å². The maximum Gasteiger partial charge on any atom is 0.161 e. The van der Waals surface area contributed by atoms with E-state index >= 15 is 0 Å². The lowest BCUT2D eigenvalue weighted by molar-refractivity contribution is -0.136. The maximum atomic E-state index is 12.3. The zero-order valence-electron chi connectivity index (χ0n) is 13.3. The lowest BCUT2D eigenvalue weighted by Crippen LogP contribution is -2.53. The van der Waals surface area contributed by atoms with Crippen LogP contribution in [0.15, 0.2) is 12.2 Å². The molecule has 0 spiro atoms. The van der Waals surface area contributed by atoms with Gasteiger partial charge in [-0.05, 0) is 80.1 Å². The molecule has 0 aromatic carbocycles. The Balaban J connectivity index is 1.65. The average molecular weight is 307 g/mol. The molecule has 7 atom stereocenters. The quantitative estimate of drug-likeness (QED) is 0.577. The summed E-state index contributed by atoms with van der Waals surface area (Å²) in [7, 11) is 0. The monoisotopic (exact) mass is 306 g/mol. The fourth-order valence-corrected chi connectivity index (χ4v) is 6.80. The van der Waals surface area contributed by atoms with Crippen molar-refractivity contribution in [3.05, 3.63) is 12.2 Å². The Bertz CT molecular complexity index is 498. The first-order chi connectivity index (χ1) is 9.95. The number of alkyl halides is 1. The molecule has 0 aromatic rings. The van der Waals surface area contributed by atoms with Gasteiger partial charge in [0.25, 0.3) is 0 Å². The molecule has 3 fully saturated rings. The van der Waals surface area contributed by atoms with E-state index in [0.29, 0.717) is 22.5 Å². The van der Waals surface area contributed by atoms with Crippen LogP contribution in [0.1, 0.15) is 58.8 Å².